The van der Waals surface area contributed by atoms with E-state index in [2.05, 4.69) is 29.4 Å². The topological polar surface area (TPSA) is 93.5 Å². The lowest BCUT2D eigenvalue weighted by Crippen LogP contribution is -2.34. The number of hydrogen-bond acceptors (Lipinski definition) is 6. The summed E-state index contributed by atoms with van der Waals surface area (Å²) in [4.78, 5) is 0.343. The number of hydrogen-bond donors (Lipinski definition) is 3. The lowest BCUT2D eigenvalue weighted by molar-refractivity contribution is 0.129. The van der Waals surface area contributed by atoms with Gasteiger partial charge in [-0.15, -0.1) is 0 Å². The van der Waals surface area contributed by atoms with Crippen molar-refractivity contribution in [1.29, 1.82) is 0 Å². The zero-order valence-corrected chi connectivity index (χ0v) is 20.8. The van der Waals surface area contributed by atoms with Crippen LogP contribution in [0.4, 0.5) is 0 Å². The lowest BCUT2D eigenvalue weighted by atomic mass is 9.79. The second kappa shape index (κ2) is 10.2. The second-order valence-electron chi connectivity index (χ2n) is 9.22. The van der Waals surface area contributed by atoms with Crippen molar-refractivity contribution in [3.05, 3.63) is 83.4 Å². The molecule has 2 aliphatic heterocycles. The Morgan fingerprint density at radius 1 is 1.26 bits per heavy atom. The van der Waals surface area contributed by atoms with Crippen molar-refractivity contribution in [3.63, 3.8) is 0 Å². The molecule has 2 heterocycles. The summed E-state index contributed by atoms with van der Waals surface area (Å²) in [6.45, 7) is 10.7. The first kappa shape index (κ1) is 24.4. The molecule has 0 radical (unpaired) electrons. The van der Waals surface area contributed by atoms with Crippen LogP contribution in [-0.2, 0) is 14.6 Å². The number of allylic oxidation sites excluding steroid dienone is 5. The van der Waals surface area contributed by atoms with Crippen LogP contribution in [-0.4, -0.2) is 39.9 Å². The number of nitrogens with one attached hydrogen (secondary N) is 2. The van der Waals surface area contributed by atoms with Crippen molar-refractivity contribution in [1.82, 2.24) is 10.6 Å². The number of fused-ring (bicyclic) bond motifs is 1. The van der Waals surface area contributed by atoms with Gasteiger partial charge in [0.25, 0.3) is 0 Å². The molecule has 7 heteroatoms. The van der Waals surface area contributed by atoms with Crippen LogP contribution in [0.3, 0.4) is 0 Å². The number of benzene rings is 1. The number of sulfone groups is 1. The maximum absolute atomic E-state index is 12.5. The van der Waals surface area contributed by atoms with Gasteiger partial charge in [-0.1, -0.05) is 37.8 Å². The molecule has 2 fully saturated rings. The molecule has 1 aromatic rings. The quantitative estimate of drug-likeness (QED) is 0.550. The zero-order valence-electron chi connectivity index (χ0n) is 20.0. The van der Waals surface area contributed by atoms with E-state index in [0.29, 0.717) is 17.4 Å². The largest absolute Gasteiger partial charge is 0.495 e. The Morgan fingerprint density at radius 2 is 2.03 bits per heavy atom. The van der Waals surface area contributed by atoms with Gasteiger partial charge in [0, 0.05) is 11.6 Å². The Hall–Kier alpha value is -2.77. The number of rotatable bonds is 7. The molecule has 6 nitrogen and oxygen atoms in total. The molecule has 0 amide bonds. The highest BCUT2D eigenvalue weighted by molar-refractivity contribution is 7.91. The third-order valence-electron chi connectivity index (χ3n) is 6.91. The minimum atomic E-state index is -3.31. The molecule has 0 spiro atoms. The summed E-state index contributed by atoms with van der Waals surface area (Å²) in [5, 5.41) is 6.93. The van der Waals surface area contributed by atoms with E-state index in [-0.39, 0.29) is 17.7 Å². The number of piperidine rings is 1. The Balaban J connectivity index is 1.72. The van der Waals surface area contributed by atoms with Crippen molar-refractivity contribution in [3.8, 4) is 0 Å². The van der Waals surface area contributed by atoms with Crippen LogP contribution in [0, 0.1) is 11.8 Å². The predicted octanol–water partition coefficient (Wildman–Crippen LogP) is 3.67. The standard InChI is InChI=1S/C27H35N3O3S/c1-4-34(31,32)22-7-5-6-21(15-22)23-8-9-25(33-17-20-10-12-29-13-11-20)27-26(23)24(19(3)30-27)14-18(2)16-28/h5-9,14-16,20,26-27,29-30H,3-4,10-13,17,28H2,1-2H3/b18-16-,24-14+. The molecule has 0 saturated carbocycles. The van der Waals surface area contributed by atoms with Crippen molar-refractivity contribution in [2.75, 3.05) is 25.4 Å². The van der Waals surface area contributed by atoms with E-state index >= 15 is 0 Å². The van der Waals surface area contributed by atoms with Crippen LogP contribution in [0.25, 0.3) is 5.57 Å². The van der Waals surface area contributed by atoms with Gasteiger partial charge in [0.05, 0.1) is 23.3 Å². The van der Waals surface area contributed by atoms with Gasteiger partial charge >= 0.3 is 0 Å². The molecule has 4 N–H and O–H groups in total. The van der Waals surface area contributed by atoms with Crippen LogP contribution < -0.4 is 16.4 Å². The summed E-state index contributed by atoms with van der Waals surface area (Å²) in [6.07, 6.45) is 9.95. The van der Waals surface area contributed by atoms with E-state index in [4.69, 9.17) is 10.5 Å². The van der Waals surface area contributed by atoms with Gasteiger partial charge in [0.15, 0.2) is 9.84 Å². The van der Waals surface area contributed by atoms with E-state index < -0.39 is 9.84 Å². The van der Waals surface area contributed by atoms with Crippen molar-refractivity contribution >= 4 is 15.4 Å². The third kappa shape index (κ3) is 5.00. The van der Waals surface area contributed by atoms with Gasteiger partial charge in [0.1, 0.15) is 5.76 Å². The van der Waals surface area contributed by atoms with Crippen LogP contribution in [0.5, 0.6) is 0 Å². The van der Waals surface area contributed by atoms with E-state index in [1.165, 1.54) is 0 Å². The number of nitrogens with two attached hydrogens (primary N) is 1. The molecular weight excluding hydrogens is 446 g/mol. The molecule has 34 heavy (non-hydrogen) atoms. The maximum Gasteiger partial charge on any atom is 0.178 e. The summed E-state index contributed by atoms with van der Waals surface area (Å²) in [5.74, 6) is 1.45. The minimum absolute atomic E-state index is 0.0602. The van der Waals surface area contributed by atoms with E-state index in [1.54, 1.807) is 25.3 Å². The van der Waals surface area contributed by atoms with Gasteiger partial charge in [0.2, 0.25) is 0 Å². The zero-order chi connectivity index (χ0) is 24.3. The molecule has 0 aromatic heterocycles. The average molecular weight is 482 g/mol. The van der Waals surface area contributed by atoms with Gasteiger partial charge < -0.3 is 21.1 Å². The summed E-state index contributed by atoms with van der Waals surface area (Å²) >= 11 is 0. The van der Waals surface area contributed by atoms with Gasteiger partial charge in [-0.2, -0.15) is 0 Å². The Labute approximate surface area is 203 Å². The fourth-order valence-electron chi connectivity index (χ4n) is 4.87. The second-order valence-corrected chi connectivity index (χ2v) is 11.5. The lowest BCUT2D eigenvalue weighted by Gasteiger charge is -2.30. The smallest absolute Gasteiger partial charge is 0.178 e. The summed E-state index contributed by atoms with van der Waals surface area (Å²) in [5.41, 5.74) is 10.5. The normalized spacial score (nSPS) is 24.9. The van der Waals surface area contributed by atoms with Crippen LogP contribution in [0.2, 0.25) is 0 Å². The molecule has 2 unspecified atom stereocenters. The van der Waals surface area contributed by atoms with Crippen LogP contribution in [0.1, 0.15) is 32.3 Å². The van der Waals surface area contributed by atoms with Crippen LogP contribution >= 0.6 is 0 Å². The van der Waals surface area contributed by atoms with Crippen molar-refractivity contribution in [2.24, 2.45) is 17.6 Å². The molecule has 1 aromatic carbocycles. The van der Waals surface area contributed by atoms with Gasteiger partial charge in [-0.25, -0.2) is 8.42 Å². The molecule has 4 rings (SSSR count). The van der Waals surface area contributed by atoms with Gasteiger partial charge in [-0.3, -0.25) is 0 Å². The average Bonchev–Trinajstić information content (AvgIpc) is 3.19. The summed E-state index contributed by atoms with van der Waals surface area (Å²) in [6, 6.07) is 7.12. The van der Waals surface area contributed by atoms with Crippen molar-refractivity contribution < 1.29 is 13.2 Å². The first-order valence-corrected chi connectivity index (χ1v) is 13.6. The molecule has 2 saturated heterocycles. The molecular formula is C27H35N3O3S. The monoisotopic (exact) mass is 481 g/mol. The fourth-order valence-corrected chi connectivity index (χ4v) is 5.79. The van der Waals surface area contributed by atoms with E-state index in [9.17, 15) is 8.42 Å². The van der Waals surface area contributed by atoms with Crippen LogP contribution in [0.15, 0.2) is 82.8 Å². The fraction of sp³-hybridized carbons (Fsp3) is 0.407. The molecule has 3 aliphatic rings. The summed E-state index contributed by atoms with van der Waals surface area (Å²) in [7, 11) is -3.31. The van der Waals surface area contributed by atoms with E-state index in [0.717, 1.165) is 59.7 Å². The molecule has 0 bridgehead atoms. The first-order valence-electron chi connectivity index (χ1n) is 12.0. The highest BCUT2D eigenvalue weighted by Gasteiger charge is 2.41. The van der Waals surface area contributed by atoms with E-state index in [1.807, 2.05) is 25.1 Å². The highest BCUT2D eigenvalue weighted by Crippen LogP contribution is 2.45. The summed E-state index contributed by atoms with van der Waals surface area (Å²) < 4.78 is 31.4. The molecule has 2 atom stereocenters. The Morgan fingerprint density at radius 3 is 2.74 bits per heavy atom. The predicted molar refractivity (Wildman–Crippen MR) is 137 cm³/mol. The maximum atomic E-state index is 12.5. The molecule has 182 valence electrons. The Bertz CT molecular complexity index is 1170. The molecule has 1 aliphatic carbocycles. The first-order chi connectivity index (χ1) is 16.3. The number of ether oxygens (including phenoxy) is 1. The Kier molecular flexibility index (Phi) is 7.33. The highest BCUT2D eigenvalue weighted by atomic mass is 32.2. The SMILES string of the molecule is C=C1NC2C(OCC3CCNCC3)=CC=C(c3cccc(S(=O)(=O)CC)c3)C2/C1=C/C(C)=C\N. The van der Waals surface area contributed by atoms with Gasteiger partial charge in [-0.05, 0) is 85.5 Å². The third-order valence-corrected chi connectivity index (χ3v) is 8.64. The minimum Gasteiger partial charge on any atom is -0.495 e. The van der Waals surface area contributed by atoms with Crippen molar-refractivity contribution in [2.45, 2.75) is 37.6 Å².